The molecule has 0 rings (SSSR count). The molecule has 0 saturated heterocycles. The van der Waals surface area contributed by atoms with E-state index in [0.29, 0.717) is 11.9 Å². The first kappa shape index (κ1) is 14.2. The Labute approximate surface area is 85.7 Å². The summed E-state index contributed by atoms with van der Waals surface area (Å²) in [5.41, 5.74) is 0. The lowest BCUT2D eigenvalue weighted by molar-refractivity contribution is -0.139. The SMILES string of the molecule is COC(=O)CC(=N)OCCBr.Cl. The number of ether oxygens (including phenoxy) is 2. The maximum atomic E-state index is 10.5. The molecule has 0 aliphatic carbocycles. The highest BCUT2D eigenvalue weighted by Crippen LogP contribution is 1.91. The largest absolute Gasteiger partial charge is 0.480 e. The summed E-state index contributed by atoms with van der Waals surface area (Å²) in [6.07, 6.45) is -0.0938. The van der Waals surface area contributed by atoms with Crippen LogP contribution in [0, 0.1) is 5.41 Å². The number of methoxy groups -OCH3 is 1. The third-order valence-corrected chi connectivity index (χ3v) is 1.21. The molecular weight excluding hydrogens is 249 g/mol. The van der Waals surface area contributed by atoms with Crippen molar-refractivity contribution in [1.29, 1.82) is 5.41 Å². The van der Waals surface area contributed by atoms with Gasteiger partial charge in [0.05, 0.1) is 13.7 Å². The number of esters is 1. The molecule has 0 amide bonds. The first-order valence-corrected chi connectivity index (χ1v) is 4.16. The molecule has 0 spiro atoms. The van der Waals surface area contributed by atoms with Gasteiger partial charge < -0.3 is 9.47 Å². The van der Waals surface area contributed by atoms with E-state index in [0.717, 1.165) is 0 Å². The molecule has 0 atom stereocenters. The van der Waals surface area contributed by atoms with Gasteiger partial charge in [0.15, 0.2) is 5.90 Å². The summed E-state index contributed by atoms with van der Waals surface area (Å²) in [5, 5.41) is 7.73. The van der Waals surface area contributed by atoms with E-state index in [1.165, 1.54) is 7.11 Å². The summed E-state index contributed by atoms with van der Waals surface area (Å²) in [7, 11) is 1.28. The molecule has 0 heterocycles. The Hall–Kier alpha value is -0.290. The van der Waals surface area contributed by atoms with Crippen LogP contribution in [0.1, 0.15) is 6.42 Å². The molecule has 0 unspecified atom stereocenters. The number of halogens is 2. The minimum Gasteiger partial charge on any atom is -0.480 e. The lowest BCUT2D eigenvalue weighted by atomic mass is 10.4. The van der Waals surface area contributed by atoms with Crippen molar-refractivity contribution in [2.24, 2.45) is 0 Å². The standard InChI is InChI=1S/C6H10BrNO3.ClH/c1-10-6(9)4-5(8)11-3-2-7;/h8H,2-4H2,1H3;1H. The molecule has 0 aliphatic rings. The molecule has 0 aromatic rings. The predicted octanol–water partition coefficient (Wildman–Crippen LogP) is 1.36. The number of alkyl halides is 1. The van der Waals surface area contributed by atoms with E-state index in [2.05, 4.69) is 20.7 Å². The van der Waals surface area contributed by atoms with Gasteiger partial charge in [-0.15, -0.1) is 12.4 Å². The van der Waals surface area contributed by atoms with Gasteiger partial charge in [0.1, 0.15) is 6.42 Å². The average molecular weight is 261 g/mol. The Kier molecular flexibility index (Phi) is 10.5. The summed E-state index contributed by atoms with van der Waals surface area (Å²) in [5.74, 6) is -0.513. The molecular formula is C6H11BrClNO3. The van der Waals surface area contributed by atoms with Crippen molar-refractivity contribution in [1.82, 2.24) is 0 Å². The van der Waals surface area contributed by atoms with Crippen LogP contribution in [0.3, 0.4) is 0 Å². The molecule has 72 valence electrons. The van der Waals surface area contributed by atoms with E-state index in [-0.39, 0.29) is 24.7 Å². The lowest BCUT2D eigenvalue weighted by Gasteiger charge is -2.03. The predicted molar refractivity (Wildman–Crippen MR) is 51.4 cm³/mol. The number of hydrogen-bond acceptors (Lipinski definition) is 4. The molecule has 1 N–H and O–H groups in total. The molecule has 0 fully saturated rings. The van der Waals surface area contributed by atoms with Crippen LogP contribution in [0.5, 0.6) is 0 Å². The minimum atomic E-state index is -0.454. The molecule has 0 radical (unpaired) electrons. The number of carbonyl (C=O) groups is 1. The van der Waals surface area contributed by atoms with E-state index < -0.39 is 5.97 Å². The Morgan fingerprint density at radius 3 is 2.58 bits per heavy atom. The zero-order valence-corrected chi connectivity index (χ0v) is 9.03. The van der Waals surface area contributed by atoms with E-state index >= 15 is 0 Å². The van der Waals surface area contributed by atoms with Crippen LogP contribution in [0.4, 0.5) is 0 Å². The number of nitrogens with one attached hydrogen (secondary N) is 1. The highest BCUT2D eigenvalue weighted by molar-refractivity contribution is 9.09. The summed E-state index contributed by atoms with van der Waals surface area (Å²) in [6, 6.07) is 0. The first-order valence-electron chi connectivity index (χ1n) is 3.03. The van der Waals surface area contributed by atoms with Crippen molar-refractivity contribution < 1.29 is 14.3 Å². The number of carbonyl (C=O) groups excluding carboxylic acids is 1. The van der Waals surface area contributed by atoms with Crippen molar-refractivity contribution in [2.45, 2.75) is 6.42 Å². The normalized spacial score (nSPS) is 8.17. The average Bonchev–Trinajstić information content (AvgIpc) is 2.00. The van der Waals surface area contributed by atoms with Crippen LogP contribution >= 0.6 is 28.3 Å². The van der Waals surface area contributed by atoms with Gasteiger partial charge in [-0.2, -0.15) is 0 Å². The van der Waals surface area contributed by atoms with Gasteiger partial charge in [0.2, 0.25) is 0 Å². The maximum absolute atomic E-state index is 10.5. The fourth-order valence-electron chi connectivity index (χ4n) is 0.416. The monoisotopic (exact) mass is 259 g/mol. The fourth-order valence-corrected chi connectivity index (χ4v) is 0.578. The van der Waals surface area contributed by atoms with Crippen LogP contribution in [0.2, 0.25) is 0 Å². The molecule has 0 aromatic heterocycles. The van der Waals surface area contributed by atoms with Crippen LogP contribution < -0.4 is 0 Å². The smallest absolute Gasteiger partial charge is 0.314 e. The van der Waals surface area contributed by atoms with Crippen molar-refractivity contribution >= 4 is 40.2 Å². The van der Waals surface area contributed by atoms with Gasteiger partial charge in [-0.05, 0) is 0 Å². The summed E-state index contributed by atoms with van der Waals surface area (Å²) < 4.78 is 9.13. The van der Waals surface area contributed by atoms with Gasteiger partial charge in [-0.25, -0.2) is 0 Å². The second-order valence-corrected chi connectivity index (χ2v) is 2.51. The summed E-state index contributed by atoms with van der Waals surface area (Å²) >= 11 is 3.12. The zero-order chi connectivity index (χ0) is 8.69. The number of hydrogen-bond donors (Lipinski definition) is 1. The van der Waals surface area contributed by atoms with Crippen molar-refractivity contribution in [3.8, 4) is 0 Å². The molecule has 0 saturated carbocycles. The Bertz CT molecular complexity index is 154. The molecule has 6 heteroatoms. The van der Waals surface area contributed by atoms with Crippen LogP contribution in [0.15, 0.2) is 0 Å². The third kappa shape index (κ3) is 7.81. The van der Waals surface area contributed by atoms with Crippen molar-refractivity contribution in [2.75, 3.05) is 19.0 Å². The lowest BCUT2D eigenvalue weighted by Crippen LogP contribution is -2.12. The van der Waals surface area contributed by atoms with Gasteiger partial charge in [0.25, 0.3) is 0 Å². The second-order valence-electron chi connectivity index (χ2n) is 1.71. The van der Waals surface area contributed by atoms with Gasteiger partial charge >= 0.3 is 5.97 Å². The Balaban J connectivity index is 0. The van der Waals surface area contributed by atoms with Crippen molar-refractivity contribution in [3.63, 3.8) is 0 Å². The Morgan fingerprint density at radius 2 is 2.17 bits per heavy atom. The van der Waals surface area contributed by atoms with Gasteiger partial charge in [-0.3, -0.25) is 10.2 Å². The number of rotatable bonds is 4. The second kappa shape index (κ2) is 8.80. The minimum absolute atomic E-state index is 0. The van der Waals surface area contributed by atoms with E-state index in [9.17, 15) is 4.79 Å². The summed E-state index contributed by atoms with van der Waals surface area (Å²) in [6.45, 7) is 0.399. The molecule has 0 aliphatic heterocycles. The summed E-state index contributed by atoms with van der Waals surface area (Å²) in [4.78, 5) is 10.5. The molecule has 4 nitrogen and oxygen atoms in total. The quantitative estimate of drug-likeness (QED) is 0.359. The van der Waals surface area contributed by atoms with Crippen LogP contribution in [-0.4, -0.2) is 30.9 Å². The molecule has 12 heavy (non-hydrogen) atoms. The highest BCUT2D eigenvalue weighted by atomic mass is 79.9. The first-order chi connectivity index (χ1) is 5.20. The van der Waals surface area contributed by atoms with Crippen LogP contribution in [-0.2, 0) is 14.3 Å². The zero-order valence-electron chi connectivity index (χ0n) is 6.63. The van der Waals surface area contributed by atoms with E-state index in [1.54, 1.807) is 0 Å². The highest BCUT2D eigenvalue weighted by Gasteiger charge is 2.05. The van der Waals surface area contributed by atoms with Crippen molar-refractivity contribution in [3.05, 3.63) is 0 Å². The fraction of sp³-hybridized carbons (Fsp3) is 0.667. The topological polar surface area (TPSA) is 59.4 Å². The Morgan fingerprint density at radius 1 is 1.58 bits per heavy atom. The van der Waals surface area contributed by atoms with Gasteiger partial charge in [-0.1, -0.05) is 15.9 Å². The van der Waals surface area contributed by atoms with Gasteiger partial charge in [0, 0.05) is 5.33 Å². The van der Waals surface area contributed by atoms with E-state index in [1.807, 2.05) is 0 Å². The van der Waals surface area contributed by atoms with E-state index in [4.69, 9.17) is 10.1 Å². The van der Waals surface area contributed by atoms with Crippen LogP contribution in [0.25, 0.3) is 0 Å². The third-order valence-electron chi connectivity index (χ3n) is 0.886. The molecule has 0 bridgehead atoms. The molecule has 0 aromatic carbocycles. The maximum Gasteiger partial charge on any atom is 0.314 e.